The van der Waals surface area contributed by atoms with E-state index in [4.69, 9.17) is 5.73 Å². The molecule has 2 unspecified atom stereocenters. The monoisotopic (exact) mass is 232 g/mol. The molecular formula is C14H20N2O. The van der Waals surface area contributed by atoms with Crippen LogP contribution in [0.2, 0.25) is 0 Å². The molecule has 1 aliphatic heterocycles. The molecule has 0 spiro atoms. The smallest absolute Gasteiger partial charge is 0.227 e. The zero-order valence-electron chi connectivity index (χ0n) is 10.5. The van der Waals surface area contributed by atoms with Gasteiger partial charge in [0.2, 0.25) is 5.91 Å². The molecule has 0 aliphatic carbocycles. The minimum Gasteiger partial charge on any atom is -0.399 e. The van der Waals surface area contributed by atoms with E-state index in [0.29, 0.717) is 18.3 Å². The van der Waals surface area contributed by atoms with Gasteiger partial charge in [-0.3, -0.25) is 4.79 Å². The van der Waals surface area contributed by atoms with Gasteiger partial charge in [-0.2, -0.15) is 0 Å². The first-order valence-corrected chi connectivity index (χ1v) is 6.18. The van der Waals surface area contributed by atoms with Gasteiger partial charge < -0.3 is 10.6 Å². The maximum absolute atomic E-state index is 12.1. The largest absolute Gasteiger partial charge is 0.399 e. The Morgan fingerprint density at radius 3 is 2.29 bits per heavy atom. The molecular weight excluding hydrogens is 212 g/mol. The van der Waals surface area contributed by atoms with Gasteiger partial charge >= 0.3 is 0 Å². The molecule has 3 heteroatoms. The van der Waals surface area contributed by atoms with Gasteiger partial charge in [0.15, 0.2) is 0 Å². The van der Waals surface area contributed by atoms with Crippen LogP contribution in [-0.2, 0) is 11.2 Å². The number of anilines is 1. The van der Waals surface area contributed by atoms with E-state index in [2.05, 4.69) is 13.8 Å². The molecule has 17 heavy (non-hydrogen) atoms. The lowest BCUT2D eigenvalue weighted by Gasteiger charge is -2.16. The summed E-state index contributed by atoms with van der Waals surface area (Å²) < 4.78 is 0. The van der Waals surface area contributed by atoms with Crippen molar-refractivity contribution in [3.05, 3.63) is 29.8 Å². The summed E-state index contributed by atoms with van der Waals surface area (Å²) in [6, 6.07) is 7.54. The Morgan fingerprint density at radius 2 is 1.76 bits per heavy atom. The molecule has 3 nitrogen and oxygen atoms in total. The highest BCUT2D eigenvalue weighted by Gasteiger charge is 2.28. The second kappa shape index (κ2) is 4.78. The van der Waals surface area contributed by atoms with E-state index < -0.39 is 0 Å². The normalized spacial score (nSPS) is 24.0. The Bertz CT molecular complexity index is 389. The van der Waals surface area contributed by atoms with Gasteiger partial charge in [0.1, 0.15) is 0 Å². The molecule has 1 saturated heterocycles. The summed E-state index contributed by atoms with van der Waals surface area (Å²) in [5, 5.41) is 0. The van der Waals surface area contributed by atoms with Gasteiger partial charge in [-0.05, 0) is 29.5 Å². The van der Waals surface area contributed by atoms with E-state index in [1.165, 1.54) is 0 Å². The fourth-order valence-electron chi connectivity index (χ4n) is 2.26. The Kier molecular flexibility index (Phi) is 3.36. The maximum atomic E-state index is 12.1. The standard InChI is InChI=1S/C14H20N2O/c1-10-8-16(9-11(10)2)14(17)7-12-3-5-13(15)6-4-12/h3-6,10-11H,7-9,15H2,1-2H3. The number of hydrogen-bond acceptors (Lipinski definition) is 2. The van der Waals surface area contributed by atoms with Crippen LogP contribution in [-0.4, -0.2) is 23.9 Å². The fourth-order valence-corrected chi connectivity index (χ4v) is 2.26. The second-order valence-electron chi connectivity index (χ2n) is 5.17. The molecule has 0 bridgehead atoms. The molecule has 2 atom stereocenters. The molecule has 0 aromatic heterocycles. The number of amides is 1. The fraction of sp³-hybridized carbons (Fsp3) is 0.500. The lowest BCUT2D eigenvalue weighted by Crippen LogP contribution is -2.30. The highest BCUT2D eigenvalue weighted by Crippen LogP contribution is 2.22. The van der Waals surface area contributed by atoms with E-state index in [0.717, 1.165) is 24.3 Å². The number of likely N-dealkylation sites (tertiary alicyclic amines) is 1. The van der Waals surface area contributed by atoms with E-state index >= 15 is 0 Å². The summed E-state index contributed by atoms with van der Waals surface area (Å²) >= 11 is 0. The quantitative estimate of drug-likeness (QED) is 0.792. The zero-order chi connectivity index (χ0) is 12.4. The molecule has 92 valence electrons. The second-order valence-corrected chi connectivity index (χ2v) is 5.17. The van der Waals surface area contributed by atoms with Crippen LogP contribution >= 0.6 is 0 Å². The van der Waals surface area contributed by atoms with Crippen molar-refractivity contribution < 1.29 is 4.79 Å². The third-order valence-electron chi connectivity index (χ3n) is 3.68. The van der Waals surface area contributed by atoms with Gasteiger partial charge in [-0.25, -0.2) is 0 Å². The summed E-state index contributed by atoms with van der Waals surface area (Å²) in [5.74, 6) is 1.46. The molecule has 1 aliphatic rings. The van der Waals surface area contributed by atoms with Gasteiger partial charge in [0.25, 0.3) is 0 Å². The maximum Gasteiger partial charge on any atom is 0.227 e. The number of hydrogen-bond donors (Lipinski definition) is 1. The minimum absolute atomic E-state index is 0.228. The van der Waals surface area contributed by atoms with Crippen molar-refractivity contribution in [3.8, 4) is 0 Å². The van der Waals surface area contributed by atoms with Gasteiger partial charge in [-0.1, -0.05) is 26.0 Å². The third kappa shape index (κ3) is 2.78. The number of nitrogens with two attached hydrogens (primary N) is 1. The lowest BCUT2D eigenvalue weighted by molar-refractivity contribution is -0.129. The molecule has 2 N–H and O–H groups in total. The minimum atomic E-state index is 0.228. The van der Waals surface area contributed by atoms with E-state index in [-0.39, 0.29) is 5.91 Å². The Morgan fingerprint density at radius 1 is 1.24 bits per heavy atom. The van der Waals surface area contributed by atoms with Crippen molar-refractivity contribution in [2.75, 3.05) is 18.8 Å². The van der Waals surface area contributed by atoms with Crippen LogP contribution in [0.25, 0.3) is 0 Å². The number of rotatable bonds is 2. The number of carbonyl (C=O) groups excluding carboxylic acids is 1. The van der Waals surface area contributed by atoms with Crippen LogP contribution < -0.4 is 5.73 Å². The summed E-state index contributed by atoms with van der Waals surface area (Å²) in [6.07, 6.45) is 0.486. The van der Waals surface area contributed by atoms with Crippen molar-refractivity contribution >= 4 is 11.6 Å². The predicted octanol–water partition coefficient (Wildman–Crippen LogP) is 1.93. The van der Waals surface area contributed by atoms with Crippen LogP contribution in [0.15, 0.2) is 24.3 Å². The molecule has 1 aromatic carbocycles. The van der Waals surface area contributed by atoms with Crippen molar-refractivity contribution in [1.82, 2.24) is 4.90 Å². The Labute approximate surface area is 103 Å². The number of nitrogens with zero attached hydrogens (tertiary/aromatic N) is 1. The van der Waals surface area contributed by atoms with Crippen LogP contribution in [0.3, 0.4) is 0 Å². The topological polar surface area (TPSA) is 46.3 Å². The average Bonchev–Trinajstić information content (AvgIpc) is 2.63. The predicted molar refractivity (Wildman–Crippen MR) is 69.5 cm³/mol. The summed E-state index contributed by atoms with van der Waals surface area (Å²) in [7, 11) is 0. The van der Waals surface area contributed by atoms with Crippen molar-refractivity contribution in [2.24, 2.45) is 11.8 Å². The van der Waals surface area contributed by atoms with Crippen molar-refractivity contribution in [2.45, 2.75) is 20.3 Å². The van der Waals surface area contributed by atoms with Gasteiger partial charge in [0.05, 0.1) is 6.42 Å². The number of nitrogen functional groups attached to an aromatic ring is 1. The summed E-state index contributed by atoms with van der Waals surface area (Å²) in [6.45, 7) is 6.21. The summed E-state index contributed by atoms with van der Waals surface area (Å²) in [4.78, 5) is 14.1. The number of carbonyl (C=O) groups is 1. The Hall–Kier alpha value is -1.51. The van der Waals surface area contributed by atoms with E-state index in [1.54, 1.807) is 0 Å². The van der Waals surface area contributed by atoms with E-state index in [9.17, 15) is 4.79 Å². The van der Waals surface area contributed by atoms with Crippen LogP contribution in [0, 0.1) is 11.8 Å². The molecule has 1 heterocycles. The highest BCUT2D eigenvalue weighted by molar-refractivity contribution is 5.79. The molecule has 0 radical (unpaired) electrons. The first-order valence-electron chi connectivity index (χ1n) is 6.18. The molecule has 2 rings (SSSR count). The molecule has 1 amide bonds. The van der Waals surface area contributed by atoms with Crippen molar-refractivity contribution in [1.29, 1.82) is 0 Å². The van der Waals surface area contributed by atoms with Crippen LogP contribution in [0.5, 0.6) is 0 Å². The van der Waals surface area contributed by atoms with Crippen LogP contribution in [0.1, 0.15) is 19.4 Å². The van der Waals surface area contributed by atoms with Crippen LogP contribution in [0.4, 0.5) is 5.69 Å². The molecule has 1 fully saturated rings. The number of benzene rings is 1. The lowest BCUT2D eigenvalue weighted by atomic mass is 10.0. The first-order chi connectivity index (χ1) is 8.06. The van der Waals surface area contributed by atoms with Crippen molar-refractivity contribution in [3.63, 3.8) is 0 Å². The van der Waals surface area contributed by atoms with Gasteiger partial charge in [-0.15, -0.1) is 0 Å². The SMILES string of the molecule is CC1CN(C(=O)Cc2ccc(N)cc2)CC1C. The van der Waals surface area contributed by atoms with Gasteiger partial charge in [0, 0.05) is 18.8 Å². The molecule has 0 saturated carbocycles. The highest BCUT2D eigenvalue weighted by atomic mass is 16.2. The zero-order valence-corrected chi connectivity index (χ0v) is 10.5. The van der Waals surface area contributed by atoms with E-state index in [1.807, 2.05) is 29.2 Å². The average molecular weight is 232 g/mol. The first kappa shape index (κ1) is 12.0. The Balaban J connectivity index is 1.96. The third-order valence-corrected chi connectivity index (χ3v) is 3.68. The summed E-state index contributed by atoms with van der Waals surface area (Å²) in [5.41, 5.74) is 7.40. The molecule has 1 aromatic rings.